The van der Waals surface area contributed by atoms with Crippen LogP contribution in [-0.2, 0) is 0 Å². The molecule has 2 rings (SSSR count). The van der Waals surface area contributed by atoms with Crippen LogP contribution in [0.5, 0.6) is 0 Å². The quantitative estimate of drug-likeness (QED) is 0.666. The molecule has 2 aliphatic carbocycles. The molecule has 2 saturated carbocycles. The topological polar surface area (TPSA) is 12.0 Å². The molecule has 1 N–H and O–H groups in total. The van der Waals surface area contributed by atoms with Crippen molar-refractivity contribution >= 4 is 0 Å². The van der Waals surface area contributed by atoms with Gasteiger partial charge in [-0.15, -0.1) is 0 Å². The van der Waals surface area contributed by atoms with Gasteiger partial charge in [-0.25, -0.2) is 0 Å². The van der Waals surface area contributed by atoms with Gasteiger partial charge in [0.25, 0.3) is 0 Å². The Morgan fingerprint density at radius 3 is 2.33 bits per heavy atom. The summed E-state index contributed by atoms with van der Waals surface area (Å²) in [6.45, 7) is 7.12. The van der Waals surface area contributed by atoms with Crippen molar-refractivity contribution in [2.45, 2.75) is 58.5 Å². The zero-order valence-electron chi connectivity index (χ0n) is 8.56. The first kappa shape index (κ1) is 8.55. The molecule has 2 fully saturated rings. The molecule has 1 nitrogen and oxygen atoms in total. The van der Waals surface area contributed by atoms with Gasteiger partial charge >= 0.3 is 0 Å². The zero-order chi connectivity index (χ0) is 8.77. The van der Waals surface area contributed by atoms with E-state index < -0.39 is 0 Å². The molecule has 3 atom stereocenters. The van der Waals surface area contributed by atoms with Gasteiger partial charge in [-0.2, -0.15) is 0 Å². The normalized spacial score (nSPS) is 44.8. The maximum atomic E-state index is 3.79. The van der Waals surface area contributed by atoms with E-state index in [1.165, 1.54) is 25.7 Å². The second kappa shape index (κ2) is 2.73. The van der Waals surface area contributed by atoms with Crippen molar-refractivity contribution in [2.24, 2.45) is 11.3 Å². The van der Waals surface area contributed by atoms with Gasteiger partial charge in [-0.1, -0.05) is 27.2 Å². The van der Waals surface area contributed by atoms with Crippen molar-refractivity contribution in [3.63, 3.8) is 0 Å². The summed E-state index contributed by atoms with van der Waals surface area (Å²) in [5.74, 6) is 0.918. The number of rotatable bonds is 2. The lowest BCUT2D eigenvalue weighted by atomic mass is 10.1. The van der Waals surface area contributed by atoms with Gasteiger partial charge in [-0.05, 0) is 30.6 Å². The van der Waals surface area contributed by atoms with Gasteiger partial charge in [-0.3, -0.25) is 0 Å². The lowest BCUT2D eigenvalue weighted by molar-refractivity contribution is 0.398. The first-order chi connectivity index (χ1) is 5.59. The fourth-order valence-electron chi connectivity index (χ4n) is 2.40. The number of hydrogen-bond acceptors (Lipinski definition) is 1. The van der Waals surface area contributed by atoms with Gasteiger partial charge < -0.3 is 5.32 Å². The molecule has 0 aromatic heterocycles. The van der Waals surface area contributed by atoms with Gasteiger partial charge in [0.1, 0.15) is 0 Å². The summed E-state index contributed by atoms with van der Waals surface area (Å²) < 4.78 is 0. The highest BCUT2D eigenvalue weighted by molar-refractivity contribution is 5.03. The van der Waals surface area contributed by atoms with Gasteiger partial charge in [0.05, 0.1) is 0 Å². The molecule has 0 saturated heterocycles. The molecule has 12 heavy (non-hydrogen) atoms. The van der Waals surface area contributed by atoms with Crippen molar-refractivity contribution in [3.05, 3.63) is 0 Å². The molecule has 0 bridgehead atoms. The van der Waals surface area contributed by atoms with Gasteiger partial charge in [0.2, 0.25) is 0 Å². The fourth-order valence-corrected chi connectivity index (χ4v) is 2.40. The molecule has 0 aliphatic heterocycles. The third-order valence-corrected chi connectivity index (χ3v) is 3.79. The van der Waals surface area contributed by atoms with Crippen molar-refractivity contribution in [1.29, 1.82) is 0 Å². The number of nitrogens with one attached hydrogen (secondary N) is 1. The van der Waals surface area contributed by atoms with Crippen molar-refractivity contribution in [3.8, 4) is 0 Å². The fraction of sp³-hybridized carbons (Fsp3) is 1.00. The standard InChI is InChI=1S/C11H21N/c1-8-5-4-6-9(8)12-10-7-11(10,2)3/h8-10,12H,4-7H2,1-3H3. The summed E-state index contributed by atoms with van der Waals surface area (Å²) in [4.78, 5) is 0. The number of hydrogen-bond donors (Lipinski definition) is 1. The van der Waals surface area contributed by atoms with Crippen LogP contribution in [0.4, 0.5) is 0 Å². The van der Waals surface area contributed by atoms with Crippen molar-refractivity contribution in [1.82, 2.24) is 5.32 Å². The smallest absolute Gasteiger partial charge is 0.0127 e. The SMILES string of the molecule is CC1CCCC1NC1CC1(C)C. The molecule has 0 radical (unpaired) electrons. The highest BCUT2D eigenvalue weighted by Gasteiger charge is 2.46. The summed E-state index contributed by atoms with van der Waals surface area (Å²) >= 11 is 0. The van der Waals surface area contributed by atoms with Crippen LogP contribution in [0.1, 0.15) is 46.5 Å². The molecule has 0 heterocycles. The Morgan fingerprint density at radius 1 is 1.25 bits per heavy atom. The van der Waals surface area contributed by atoms with E-state index in [0.717, 1.165) is 18.0 Å². The predicted octanol–water partition coefficient (Wildman–Crippen LogP) is 2.56. The Bertz CT molecular complexity index is 174. The van der Waals surface area contributed by atoms with E-state index in [2.05, 4.69) is 26.1 Å². The predicted molar refractivity (Wildman–Crippen MR) is 52.1 cm³/mol. The van der Waals surface area contributed by atoms with Gasteiger partial charge in [0.15, 0.2) is 0 Å². The minimum Gasteiger partial charge on any atom is -0.310 e. The third-order valence-electron chi connectivity index (χ3n) is 3.79. The first-order valence-corrected chi connectivity index (χ1v) is 5.36. The Balaban J connectivity index is 1.80. The minimum absolute atomic E-state index is 0.600. The van der Waals surface area contributed by atoms with E-state index in [0.29, 0.717) is 5.41 Å². The highest BCUT2D eigenvalue weighted by atomic mass is 15.0. The summed E-state index contributed by atoms with van der Waals surface area (Å²) in [5, 5.41) is 3.79. The van der Waals surface area contributed by atoms with Crippen LogP contribution < -0.4 is 5.32 Å². The van der Waals surface area contributed by atoms with Crippen LogP contribution in [-0.4, -0.2) is 12.1 Å². The lowest BCUT2D eigenvalue weighted by Gasteiger charge is -2.18. The molecular formula is C11H21N. The lowest BCUT2D eigenvalue weighted by Crippen LogP contribution is -2.34. The van der Waals surface area contributed by atoms with Crippen molar-refractivity contribution in [2.75, 3.05) is 0 Å². The third kappa shape index (κ3) is 1.52. The van der Waals surface area contributed by atoms with Crippen LogP contribution >= 0.6 is 0 Å². The maximum Gasteiger partial charge on any atom is 0.0127 e. The maximum absolute atomic E-state index is 3.79. The Hall–Kier alpha value is -0.0400. The van der Waals surface area contributed by atoms with E-state index in [9.17, 15) is 0 Å². The summed E-state index contributed by atoms with van der Waals surface area (Å²) in [5.41, 5.74) is 0.600. The molecule has 0 aromatic rings. The molecular weight excluding hydrogens is 146 g/mol. The minimum atomic E-state index is 0.600. The molecule has 70 valence electrons. The molecule has 0 amide bonds. The first-order valence-electron chi connectivity index (χ1n) is 5.36. The largest absolute Gasteiger partial charge is 0.310 e. The van der Waals surface area contributed by atoms with Crippen LogP contribution in [0, 0.1) is 11.3 Å². The second-order valence-electron chi connectivity index (χ2n) is 5.43. The van der Waals surface area contributed by atoms with E-state index in [1.54, 1.807) is 0 Å². The van der Waals surface area contributed by atoms with E-state index in [4.69, 9.17) is 0 Å². The average Bonchev–Trinajstić information content (AvgIpc) is 2.39. The van der Waals surface area contributed by atoms with E-state index in [-0.39, 0.29) is 0 Å². The molecule has 0 aromatic carbocycles. The summed E-state index contributed by atoms with van der Waals surface area (Å²) in [6.07, 6.45) is 5.67. The van der Waals surface area contributed by atoms with E-state index in [1.807, 2.05) is 0 Å². The van der Waals surface area contributed by atoms with Crippen LogP contribution in [0.25, 0.3) is 0 Å². The second-order valence-corrected chi connectivity index (χ2v) is 5.43. The van der Waals surface area contributed by atoms with E-state index >= 15 is 0 Å². The Labute approximate surface area is 75.9 Å². The monoisotopic (exact) mass is 167 g/mol. The Morgan fingerprint density at radius 2 is 1.92 bits per heavy atom. The van der Waals surface area contributed by atoms with Crippen molar-refractivity contribution < 1.29 is 0 Å². The highest BCUT2D eigenvalue weighted by Crippen LogP contribution is 2.45. The summed E-state index contributed by atoms with van der Waals surface area (Å²) in [7, 11) is 0. The van der Waals surface area contributed by atoms with Crippen LogP contribution in [0.2, 0.25) is 0 Å². The molecule has 0 spiro atoms. The van der Waals surface area contributed by atoms with Gasteiger partial charge in [0, 0.05) is 12.1 Å². The zero-order valence-corrected chi connectivity index (χ0v) is 8.56. The molecule has 2 aliphatic rings. The van der Waals surface area contributed by atoms with Crippen LogP contribution in [0.3, 0.4) is 0 Å². The summed E-state index contributed by atoms with van der Waals surface area (Å²) in [6, 6.07) is 1.65. The van der Waals surface area contributed by atoms with Crippen LogP contribution in [0.15, 0.2) is 0 Å². The molecule has 1 heteroatoms. The molecule has 3 unspecified atom stereocenters. The average molecular weight is 167 g/mol. The Kier molecular flexibility index (Phi) is 1.95.